The van der Waals surface area contributed by atoms with E-state index >= 15 is 0 Å². The number of hydrogen-bond donors (Lipinski definition) is 1. The Morgan fingerprint density at radius 1 is 1.25 bits per heavy atom. The van der Waals surface area contributed by atoms with Gasteiger partial charge in [-0.15, -0.1) is 21.5 Å². The molecule has 144 valence electrons. The Hall–Kier alpha value is -2.60. The van der Waals surface area contributed by atoms with Crippen LogP contribution in [0, 0.1) is 0 Å². The van der Waals surface area contributed by atoms with E-state index in [-0.39, 0.29) is 17.5 Å². The molecule has 0 aliphatic rings. The fourth-order valence-corrected chi connectivity index (χ4v) is 4.50. The number of nitrogens with two attached hydrogens (primary N) is 1. The summed E-state index contributed by atoms with van der Waals surface area (Å²) in [4.78, 5) is 5.04. The molecule has 3 heterocycles. The van der Waals surface area contributed by atoms with Crippen molar-refractivity contribution in [2.75, 3.05) is 0 Å². The van der Waals surface area contributed by atoms with Crippen LogP contribution in [0.2, 0.25) is 5.02 Å². The van der Waals surface area contributed by atoms with Gasteiger partial charge in [0.1, 0.15) is 0 Å². The average Bonchev–Trinajstić information content (AvgIpc) is 3.36. The number of primary sulfonamides is 1. The molecule has 0 saturated heterocycles. The SMILES string of the molecule is Cn1c(-c2cccs2)nnc1C(c1noc(-c2cccc(Cl)c2)n1)S(N)(=O)=O. The third-order valence-corrected chi connectivity index (χ3v) is 6.14. The number of benzene rings is 1. The fourth-order valence-electron chi connectivity index (χ4n) is 2.68. The van der Waals surface area contributed by atoms with Crippen LogP contribution >= 0.6 is 22.9 Å². The highest BCUT2D eigenvalue weighted by Gasteiger charge is 2.36. The first kappa shape index (κ1) is 18.7. The number of hydrogen-bond acceptors (Lipinski definition) is 8. The molecule has 2 N–H and O–H groups in total. The first-order chi connectivity index (χ1) is 13.3. The molecule has 0 bridgehead atoms. The molecule has 4 aromatic rings. The number of rotatable bonds is 5. The van der Waals surface area contributed by atoms with E-state index in [4.69, 9.17) is 21.3 Å². The molecule has 0 aliphatic carbocycles. The van der Waals surface area contributed by atoms with Crippen molar-refractivity contribution in [2.24, 2.45) is 12.2 Å². The highest BCUT2D eigenvalue weighted by molar-refractivity contribution is 7.89. The lowest BCUT2D eigenvalue weighted by Gasteiger charge is -2.10. The first-order valence-electron chi connectivity index (χ1n) is 7.89. The zero-order valence-electron chi connectivity index (χ0n) is 14.4. The Morgan fingerprint density at radius 2 is 2.07 bits per heavy atom. The topological polar surface area (TPSA) is 130 Å². The molecule has 1 unspecified atom stereocenters. The van der Waals surface area contributed by atoms with Crippen molar-refractivity contribution in [2.45, 2.75) is 5.25 Å². The predicted molar refractivity (Wildman–Crippen MR) is 104 cm³/mol. The van der Waals surface area contributed by atoms with Gasteiger partial charge < -0.3 is 9.09 Å². The van der Waals surface area contributed by atoms with Gasteiger partial charge in [0.15, 0.2) is 22.7 Å². The fraction of sp³-hybridized carbons (Fsp3) is 0.125. The van der Waals surface area contributed by atoms with Gasteiger partial charge in [-0.1, -0.05) is 28.9 Å². The van der Waals surface area contributed by atoms with Crippen LogP contribution in [0.25, 0.3) is 22.2 Å². The van der Waals surface area contributed by atoms with Crippen LogP contribution in [0.15, 0.2) is 46.3 Å². The third-order valence-electron chi connectivity index (χ3n) is 3.96. The number of aromatic nitrogens is 5. The van der Waals surface area contributed by atoms with E-state index in [0.29, 0.717) is 16.4 Å². The van der Waals surface area contributed by atoms with Crippen LogP contribution < -0.4 is 5.14 Å². The highest BCUT2D eigenvalue weighted by Crippen LogP contribution is 2.31. The largest absolute Gasteiger partial charge is 0.334 e. The summed E-state index contributed by atoms with van der Waals surface area (Å²) in [6.45, 7) is 0. The van der Waals surface area contributed by atoms with Crippen molar-refractivity contribution in [1.29, 1.82) is 0 Å². The summed E-state index contributed by atoms with van der Waals surface area (Å²) in [6.07, 6.45) is 0. The maximum atomic E-state index is 12.3. The Morgan fingerprint density at radius 3 is 2.75 bits per heavy atom. The smallest absolute Gasteiger partial charge is 0.258 e. The minimum absolute atomic E-state index is 0.0874. The molecular weight excluding hydrogens is 424 g/mol. The number of nitrogens with zero attached hydrogens (tertiary/aromatic N) is 5. The number of thiophene rings is 1. The molecule has 0 fully saturated rings. The van der Waals surface area contributed by atoms with Crippen molar-refractivity contribution < 1.29 is 12.9 Å². The molecule has 1 aromatic carbocycles. The number of halogens is 1. The van der Waals surface area contributed by atoms with Crippen molar-refractivity contribution in [3.63, 3.8) is 0 Å². The Kier molecular flexibility index (Phi) is 4.75. The second-order valence-corrected chi connectivity index (χ2v) is 8.89. The maximum absolute atomic E-state index is 12.3. The highest BCUT2D eigenvalue weighted by atomic mass is 35.5. The standard InChI is InChI=1S/C16H13ClN6O3S2/c1-23-14(11-6-3-7-27-11)20-21-15(23)12(28(18,24)25)13-19-16(26-22-13)9-4-2-5-10(17)8-9/h2-8,12H,1H3,(H2,18,24,25). The summed E-state index contributed by atoms with van der Waals surface area (Å²) in [5, 5.41) is 18.3. The molecule has 0 saturated carbocycles. The summed E-state index contributed by atoms with van der Waals surface area (Å²) in [6, 6.07) is 10.5. The molecule has 1 atom stereocenters. The van der Waals surface area contributed by atoms with E-state index in [1.54, 1.807) is 35.9 Å². The minimum Gasteiger partial charge on any atom is -0.334 e. The van der Waals surface area contributed by atoms with Crippen LogP contribution in [0.1, 0.15) is 16.9 Å². The molecule has 0 aliphatic heterocycles. The molecule has 0 radical (unpaired) electrons. The van der Waals surface area contributed by atoms with Gasteiger partial charge in [0.05, 0.1) is 4.88 Å². The summed E-state index contributed by atoms with van der Waals surface area (Å²) < 4.78 is 31.5. The van der Waals surface area contributed by atoms with Gasteiger partial charge >= 0.3 is 0 Å². The minimum atomic E-state index is -4.16. The Bertz CT molecular complexity index is 1230. The molecule has 4 rings (SSSR count). The number of sulfonamides is 1. The third kappa shape index (κ3) is 3.44. The summed E-state index contributed by atoms with van der Waals surface area (Å²) in [5.74, 6) is 0.582. The molecule has 12 heteroatoms. The van der Waals surface area contributed by atoms with Crippen molar-refractivity contribution in [3.05, 3.63) is 58.4 Å². The van der Waals surface area contributed by atoms with Crippen LogP contribution in [-0.2, 0) is 17.1 Å². The molecule has 0 spiro atoms. The predicted octanol–water partition coefficient (Wildman–Crippen LogP) is 2.62. The lowest BCUT2D eigenvalue weighted by molar-refractivity contribution is 0.421. The second kappa shape index (κ2) is 7.09. The van der Waals surface area contributed by atoms with E-state index in [1.807, 2.05) is 17.5 Å². The van der Waals surface area contributed by atoms with Crippen LogP contribution in [-0.4, -0.2) is 33.3 Å². The van der Waals surface area contributed by atoms with Gasteiger partial charge in [-0.3, -0.25) is 0 Å². The van der Waals surface area contributed by atoms with E-state index < -0.39 is 15.3 Å². The summed E-state index contributed by atoms with van der Waals surface area (Å²) in [5.41, 5.74) is 0.552. The molecule has 3 aromatic heterocycles. The van der Waals surface area contributed by atoms with Gasteiger partial charge in [0, 0.05) is 17.6 Å². The van der Waals surface area contributed by atoms with E-state index in [9.17, 15) is 8.42 Å². The normalized spacial score (nSPS) is 13.0. The zero-order valence-corrected chi connectivity index (χ0v) is 16.7. The van der Waals surface area contributed by atoms with E-state index in [2.05, 4.69) is 20.3 Å². The monoisotopic (exact) mass is 436 g/mol. The molecule has 28 heavy (non-hydrogen) atoms. The van der Waals surface area contributed by atoms with Gasteiger partial charge in [-0.25, -0.2) is 13.6 Å². The average molecular weight is 437 g/mol. The van der Waals surface area contributed by atoms with E-state index in [1.165, 1.54) is 11.3 Å². The van der Waals surface area contributed by atoms with Gasteiger partial charge in [0.2, 0.25) is 10.0 Å². The Labute approximate surface area is 168 Å². The molecular formula is C16H13ClN6O3S2. The lowest BCUT2D eigenvalue weighted by atomic mass is 10.2. The van der Waals surface area contributed by atoms with Gasteiger partial charge in [-0.05, 0) is 29.6 Å². The first-order valence-corrected chi connectivity index (χ1v) is 10.8. The maximum Gasteiger partial charge on any atom is 0.258 e. The summed E-state index contributed by atoms with van der Waals surface area (Å²) in [7, 11) is -2.50. The van der Waals surface area contributed by atoms with Crippen LogP contribution in [0.3, 0.4) is 0 Å². The van der Waals surface area contributed by atoms with Crippen LogP contribution in [0.4, 0.5) is 0 Å². The Balaban J connectivity index is 1.79. The van der Waals surface area contributed by atoms with Crippen molar-refractivity contribution >= 4 is 33.0 Å². The lowest BCUT2D eigenvalue weighted by Crippen LogP contribution is -2.26. The second-order valence-electron chi connectivity index (χ2n) is 5.86. The molecule has 0 amide bonds. The quantitative estimate of drug-likeness (QED) is 0.508. The van der Waals surface area contributed by atoms with Crippen molar-refractivity contribution in [3.8, 4) is 22.2 Å². The zero-order chi connectivity index (χ0) is 19.9. The van der Waals surface area contributed by atoms with Crippen molar-refractivity contribution in [1.82, 2.24) is 24.9 Å². The van der Waals surface area contributed by atoms with Gasteiger partial charge in [0.25, 0.3) is 5.89 Å². The van der Waals surface area contributed by atoms with Gasteiger partial charge in [-0.2, -0.15) is 4.98 Å². The van der Waals surface area contributed by atoms with Crippen LogP contribution in [0.5, 0.6) is 0 Å². The van der Waals surface area contributed by atoms with E-state index in [0.717, 1.165) is 4.88 Å². The summed E-state index contributed by atoms with van der Waals surface area (Å²) >= 11 is 7.43. The molecule has 9 nitrogen and oxygen atoms in total.